The Bertz CT molecular complexity index is 177. The summed E-state index contributed by atoms with van der Waals surface area (Å²) in [5.74, 6) is 0. The van der Waals surface area contributed by atoms with Crippen LogP contribution in [0, 0.1) is 0 Å². The van der Waals surface area contributed by atoms with E-state index in [1.807, 2.05) is 7.05 Å². The van der Waals surface area contributed by atoms with Gasteiger partial charge in [0, 0.05) is 6.54 Å². The van der Waals surface area contributed by atoms with Crippen LogP contribution < -0.4 is 10.9 Å². The van der Waals surface area contributed by atoms with Crippen molar-refractivity contribution in [2.45, 2.75) is 33.6 Å². The molecule has 0 atom stereocenters. The molecule has 0 aromatic rings. The van der Waals surface area contributed by atoms with Crippen LogP contribution in [0.5, 0.6) is 0 Å². The molecule has 0 saturated carbocycles. The Balaban J connectivity index is 3.55. The van der Waals surface area contributed by atoms with Gasteiger partial charge in [-0.15, -0.1) is 0 Å². The highest BCUT2D eigenvalue weighted by Gasteiger charge is 1.87. The Labute approximate surface area is 82.1 Å². The Morgan fingerprint density at radius 2 is 1.85 bits per heavy atom. The van der Waals surface area contributed by atoms with Crippen LogP contribution in [0.15, 0.2) is 23.3 Å². The van der Waals surface area contributed by atoms with E-state index in [0.29, 0.717) is 0 Å². The van der Waals surface area contributed by atoms with E-state index >= 15 is 0 Å². The number of hydrogen-bond acceptors (Lipinski definition) is 2. The predicted molar refractivity (Wildman–Crippen MR) is 59.5 cm³/mol. The number of nitrogens with one attached hydrogen (secondary N) is 2. The topological polar surface area (TPSA) is 24.1 Å². The van der Waals surface area contributed by atoms with Crippen LogP contribution in [0.3, 0.4) is 0 Å². The first-order valence-electron chi connectivity index (χ1n) is 4.85. The maximum Gasteiger partial charge on any atom is 0.0283 e. The summed E-state index contributed by atoms with van der Waals surface area (Å²) in [6, 6.07) is 0. The molecule has 76 valence electrons. The van der Waals surface area contributed by atoms with Gasteiger partial charge in [0.2, 0.25) is 0 Å². The number of rotatable bonds is 6. The fraction of sp³-hybridized carbons (Fsp3) is 0.636. The third-order valence-electron chi connectivity index (χ3n) is 1.82. The van der Waals surface area contributed by atoms with Crippen molar-refractivity contribution < 1.29 is 0 Å². The van der Waals surface area contributed by atoms with Gasteiger partial charge in [-0.25, -0.2) is 0 Å². The van der Waals surface area contributed by atoms with Crippen LogP contribution >= 0.6 is 0 Å². The SMILES string of the molecule is CNNC/C=C(\C)CCC=C(C)C. The Morgan fingerprint density at radius 3 is 2.38 bits per heavy atom. The molecule has 0 aromatic carbocycles. The van der Waals surface area contributed by atoms with E-state index in [1.54, 1.807) is 0 Å². The molecule has 0 heterocycles. The summed E-state index contributed by atoms with van der Waals surface area (Å²) in [7, 11) is 1.88. The summed E-state index contributed by atoms with van der Waals surface area (Å²) in [6.45, 7) is 7.36. The molecule has 0 fully saturated rings. The van der Waals surface area contributed by atoms with Crippen molar-refractivity contribution in [2.24, 2.45) is 0 Å². The molecule has 2 nitrogen and oxygen atoms in total. The molecule has 0 aromatic heterocycles. The van der Waals surface area contributed by atoms with E-state index in [0.717, 1.165) is 19.4 Å². The van der Waals surface area contributed by atoms with Crippen molar-refractivity contribution in [3.63, 3.8) is 0 Å². The molecular weight excluding hydrogens is 160 g/mol. The van der Waals surface area contributed by atoms with Crippen molar-refractivity contribution >= 4 is 0 Å². The van der Waals surface area contributed by atoms with Crippen LogP contribution in [0.1, 0.15) is 33.6 Å². The van der Waals surface area contributed by atoms with Gasteiger partial charge in [-0.05, 0) is 40.7 Å². The summed E-state index contributed by atoms with van der Waals surface area (Å²) in [5.41, 5.74) is 8.78. The maximum atomic E-state index is 3.04. The molecule has 0 saturated heterocycles. The second kappa shape index (κ2) is 8.02. The summed E-state index contributed by atoms with van der Waals surface area (Å²) in [5, 5.41) is 0. The summed E-state index contributed by atoms with van der Waals surface area (Å²) in [6.07, 6.45) is 6.82. The second-order valence-corrected chi connectivity index (χ2v) is 3.50. The first kappa shape index (κ1) is 12.4. The average Bonchev–Trinajstić information content (AvgIpc) is 2.04. The monoisotopic (exact) mass is 182 g/mol. The standard InChI is InChI=1S/C11H22N2/c1-10(2)6-5-7-11(3)8-9-13-12-4/h6,8,12-13H,5,7,9H2,1-4H3/b11-8+. The number of allylic oxidation sites excluding steroid dienone is 3. The van der Waals surface area contributed by atoms with Gasteiger partial charge in [0.15, 0.2) is 0 Å². The molecule has 2 N–H and O–H groups in total. The molecular formula is C11H22N2. The normalized spacial score (nSPS) is 11.5. The Morgan fingerprint density at radius 1 is 1.15 bits per heavy atom. The molecule has 0 amide bonds. The predicted octanol–water partition coefficient (Wildman–Crippen LogP) is 2.40. The van der Waals surface area contributed by atoms with Gasteiger partial charge in [0.1, 0.15) is 0 Å². The molecule has 0 unspecified atom stereocenters. The summed E-state index contributed by atoms with van der Waals surface area (Å²) in [4.78, 5) is 0. The number of hydrazine groups is 1. The van der Waals surface area contributed by atoms with E-state index in [1.165, 1.54) is 11.1 Å². The van der Waals surface area contributed by atoms with Gasteiger partial charge in [0.25, 0.3) is 0 Å². The summed E-state index contributed by atoms with van der Waals surface area (Å²) >= 11 is 0. The average molecular weight is 182 g/mol. The minimum absolute atomic E-state index is 0.900. The molecule has 0 aliphatic carbocycles. The highest BCUT2D eigenvalue weighted by atomic mass is 15.3. The Hall–Kier alpha value is -0.600. The van der Waals surface area contributed by atoms with Crippen molar-refractivity contribution in [3.05, 3.63) is 23.3 Å². The smallest absolute Gasteiger partial charge is 0.0283 e. The van der Waals surface area contributed by atoms with E-state index in [-0.39, 0.29) is 0 Å². The van der Waals surface area contributed by atoms with Gasteiger partial charge in [-0.1, -0.05) is 23.3 Å². The fourth-order valence-electron chi connectivity index (χ4n) is 1.02. The second-order valence-electron chi connectivity index (χ2n) is 3.50. The van der Waals surface area contributed by atoms with Gasteiger partial charge < -0.3 is 0 Å². The third-order valence-corrected chi connectivity index (χ3v) is 1.82. The first-order valence-corrected chi connectivity index (χ1v) is 4.85. The summed E-state index contributed by atoms with van der Waals surface area (Å²) < 4.78 is 0. The van der Waals surface area contributed by atoms with Gasteiger partial charge in [0.05, 0.1) is 0 Å². The molecule has 0 radical (unpaired) electrons. The largest absolute Gasteiger partial charge is 0.261 e. The van der Waals surface area contributed by atoms with Gasteiger partial charge in [-0.2, -0.15) is 0 Å². The van der Waals surface area contributed by atoms with E-state index in [4.69, 9.17) is 0 Å². The highest BCUT2D eigenvalue weighted by Crippen LogP contribution is 2.05. The van der Waals surface area contributed by atoms with E-state index in [9.17, 15) is 0 Å². The lowest BCUT2D eigenvalue weighted by atomic mass is 10.1. The molecule has 13 heavy (non-hydrogen) atoms. The lowest BCUT2D eigenvalue weighted by molar-refractivity contribution is 0.644. The van der Waals surface area contributed by atoms with Crippen molar-refractivity contribution in [2.75, 3.05) is 13.6 Å². The number of hydrogen-bond donors (Lipinski definition) is 2. The quantitative estimate of drug-likeness (QED) is 0.374. The maximum absolute atomic E-state index is 3.04. The minimum Gasteiger partial charge on any atom is -0.261 e. The van der Waals surface area contributed by atoms with Gasteiger partial charge >= 0.3 is 0 Å². The molecule has 0 aliphatic rings. The van der Waals surface area contributed by atoms with E-state index in [2.05, 4.69) is 43.8 Å². The fourth-order valence-corrected chi connectivity index (χ4v) is 1.02. The molecule has 0 bridgehead atoms. The Kier molecular flexibility index (Phi) is 7.65. The first-order chi connectivity index (χ1) is 6.16. The van der Waals surface area contributed by atoms with Crippen LogP contribution in [-0.4, -0.2) is 13.6 Å². The molecule has 0 spiro atoms. The third kappa shape index (κ3) is 9.31. The van der Waals surface area contributed by atoms with Gasteiger partial charge in [-0.3, -0.25) is 10.9 Å². The molecule has 0 aliphatic heterocycles. The van der Waals surface area contributed by atoms with Crippen molar-refractivity contribution in [1.82, 2.24) is 10.9 Å². The minimum atomic E-state index is 0.900. The van der Waals surface area contributed by atoms with Crippen LogP contribution in [0.25, 0.3) is 0 Å². The van der Waals surface area contributed by atoms with Crippen molar-refractivity contribution in [3.8, 4) is 0 Å². The highest BCUT2D eigenvalue weighted by molar-refractivity contribution is 5.02. The molecule has 2 heteroatoms. The van der Waals surface area contributed by atoms with Crippen LogP contribution in [-0.2, 0) is 0 Å². The molecule has 0 rings (SSSR count). The lowest BCUT2D eigenvalue weighted by Crippen LogP contribution is -2.27. The zero-order chi connectivity index (χ0) is 10.1. The zero-order valence-corrected chi connectivity index (χ0v) is 9.28. The van der Waals surface area contributed by atoms with Crippen LogP contribution in [0.4, 0.5) is 0 Å². The lowest BCUT2D eigenvalue weighted by Gasteiger charge is -2.00. The van der Waals surface area contributed by atoms with E-state index < -0.39 is 0 Å². The van der Waals surface area contributed by atoms with Crippen LogP contribution in [0.2, 0.25) is 0 Å². The van der Waals surface area contributed by atoms with Crippen molar-refractivity contribution in [1.29, 1.82) is 0 Å². The zero-order valence-electron chi connectivity index (χ0n) is 9.28.